The van der Waals surface area contributed by atoms with Gasteiger partial charge in [0.05, 0.1) is 6.20 Å². The third-order valence-corrected chi connectivity index (χ3v) is 0.646. The van der Waals surface area contributed by atoms with Crippen molar-refractivity contribution in [3.63, 3.8) is 0 Å². The van der Waals surface area contributed by atoms with Gasteiger partial charge in [0.2, 0.25) is 0 Å². The predicted octanol–water partition coefficient (Wildman–Crippen LogP) is 0.940. The van der Waals surface area contributed by atoms with Gasteiger partial charge in [-0.1, -0.05) is 0 Å². The molecule has 0 aliphatic heterocycles. The Morgan fingerprint density at radius 1 is 1.50 bits per heavy atom. The van der Waals surface area contributed by atoms with Gasteiger partial charge in [0.25, 0.3) is 0 Å². The zero-order valence-electron chi connectivity index (χ0n) is 4.11. The van der Waals surface area contributed by atoms with Crippen LogP contribution in [0, 0.1) is 0 Å². The molecule has 0 bridgehead atoms. The molecule has 0 fully saturated rings. The Morgan fingerprint density at radius 2 is 2.25 bits per heavy atom. The van der Waals surface area contributed by atoms with Crippen LogP contribution in [-0.4, -0.2) is 10.1 Å². The number of halogens is 1. The third-order valence-electron chi connectivity index (χ3n) is 0.646. The normalized spacial score (nSPS) is 7.50. The van der Waals surface area contributed by atoms with Crippen LogP contribution in [0.2, 0.25) is 0 Å². The fraction of sp³-hybridized carbons (Fsp3) is 0. The molecule has 1 aromatic heterocycles. The minimum atomic E-state index is 0. The van der Waals surface area contributed by atoms with Gasteiger partial charge >= 0.3 is 0 Å². The second-order valence-corrected chi connectivity index (χ2v) is 1.21. The van der Waals surface area contributed by atoms with E-state index >= 15 is 0 Å². The number of pyridine rings is 1. The fourth-order valence-corrected chi connectivity index (χ4v) is 0.354. The number of rotatable bonds is 0. The summed E-state index contributed by atoms with van der Waals surface area (Å²) in [4.78, 5) is 3.63. The van der Waals surface area contributed by atoms with Gasteiger partial charge < -0.3 is 5.11 Å². The van der Waals surface area contributed by atoms with Crippen molar-refractivity contribution in [3.8, 4) is 5.75 Å². The van der Waals surface area contributed by atoms with Gasteiger partial charge in [-0.05, 0) is 12.1 Å². The molecule has 0 aromatic carbocycles. The first-order chi connectivity index (χ1) is 3.39. The molecule has 1 aromatic rings. The van der Waals surface area contributed by atoms with Crippen molar-refractivity contribution in [2.24, 2.45) is 0 Å². The van der Waals surface area contributed by atoms with E-state index in [0.717, 1.165) is 0 Å². The monoisotopic (exact) mass is 115 g/mol. The van der Waals surface area contributed by atoms with Crippen LogP contribution in [0.1, 0.15) is 0 Å². The smallest absolute Gasteiger partial charge is 0.133 e. The highest BCUT2D eigenvalue weighted by Crippen LogP contribution is 1.99. The summed E-state index contributed by atoms with van der Waals surface area (Å²) >= 11 is 0. The fourth-order valence-electron chi connectivity index (χ4n) is 0.354. The third kappa shape index (κ3) is 1.55. The lowest BCUT2D eigenvalue weighted by Crippen LogP contribution is -1.64. The lowest BCUT2D eigenvalue weighted by atomic mass is 10.5. The standard InChI is InChI=1S/C5H5NO.FH/c7-5-2-1-3-6-4-5;/h1-4,7H;1H. The van der Waals surface area contributed by atoms with Gasteiger partial charge in [0.1, 0.15) is 5.75 Å². The van der Waals surface area contributed by atoms with Gasteiger partial charge in [0.15, 0.2) is 0 Å². The van der Waals surface area contributed by atoms with Crippen molar-refractivity contribution in [2.75, 3.05) is 0 Å². The van der Waals surface area contributed by atoms with E-state index in [0.29, 0.717) is 0 Å². The molecule has 0 aliphatic carbocycles. The number of aromatic hydroxyl groups is 1. The van der Waals surface area contributed by atoms with E-state index in [1.165, 1.54) is 6.20 Å². The van der Waals surface area contributed by atoms with E-state index in [1.54, 1.807) is 18.3 Å². The Labute approximate surface area is 46.2 Å². The average Bonchev–Trinajstić information content (AvgIpc) is 1.69. The quantitative estimate of drug-likeness (QED) is 0.545. The van der Waals surface area contributed by atoms with E-state index in [4.69, 9.17) is 5.11 Å². The Bertz CT molecular complexity index is 142. The molecule has 1 N–H and O–H groups in total. The zero-order valence-corrected chi connectivity index (χ0v) is 4.11. The van der Waals surface area contributed by atoms with Gasteiger partial charge in [0, 0.05) is 6.20 Å². The molecule has 0 atom stereocenters. The maximum absolute atomic E-state index is 8.57. The molecule has 8 heavy (non-hydrogen) atoms. The van der Waals surface area contributed by atoms with Gasteiger partial charge in [-0.25, -0.2) is 0 Å². The van der Waals surface area contributed by atoms with Crippen molar-refractivity contribution in [1.82, 2.24) is 4.98 Å². The summed E-state index contributed by atoms with van der Waals surface area (Å²) in [5.74, 6) is 0.211. The average molecular weight is 115 g/mol. The van der Waals surface area contributed by atoms with Crippen molar-refractivity contribution >= 4 is 0 Å². The number of hydrogen-bond acceptors (Lipinski definition) is 2. The van der Waals surface area contributed by atoms with Crippen LogP contribution in [0.3, 0.4) is 0 Å². The zero-order chi connectivity index (χ0) is 5.11. The summed E-state index contributed by atoms with van der Waals surface area (Å²) < 4.78 is 0. The molecule has 0 aliphatic rings. The molecule has 2 nitrogen and oxygen atoms in total. The van der Waals surface area contributed by atoms with E-state index in [9.17, 15) is 0 Å². The molecule has 0 saturated carbocycles. The Kier molecular flexibility index (Phi) is 2.54. The molecule has 0 amide bonds. The van der Waals surface area contributed by atoms with Crippen molar-refractivity contribution in [2.45, 2.75) is 0 Å². The predicted molar refractivity (Wildman–Crippen MR) is 28.4 cm³/mol. The number of nitrogens with zero attached hydrogens (tertiary/aromatic N) is 1. The molecular weight excluding hydrogens is 109 g/mol. The highest BCUT2D eigenvalue weighted by atomic mass is 19.0. The topological polar surface area (TPSA) is 33.1 Å². The van der Waals surface area contributed by atoms with Crippen molar-refractivity contribution < 1.29 is 9.81 Å². The Morgan fingerprint density at radius 3 is 2.50 bits per heavy atom. The van der Waals surface area contributed by atoms with Crippen LogP contribution >= 0.6 is 0 Å². The van der Waals surface area contributed by atoms with E-state index in [1.807, 2.05) is 0 Å². The minimum Gasteiger partial charge on any atom is -0.506 e. The van der Waals surface area contributed by atoms with Crippen molar-refractivity contribution in [3.05, 3.63) is 24.5 Å². The summed E-state index contributed by atoms with van der Waals surface area (Å²) in [6.45, 7) is 0. The van der Waals surface area contributed by atoms with Crippen LogP contribution in [-0.2, 0) is 0 Å². The van der Waals surface area contributed by atoms with Crippen LogP contribution in [0.5, 0.6) is 5.75 Å². The molecule has 0 saturated heterocycles. The molecule has 0 spiro atoms. The van der Waals surface area contributed by atoms with E-state index in [-0.39, 0.29) is 10.5 Å². The molecule has 0 unspecified atom stereocenters. The second kappa shape index (κ2) is 2.96. The van der Waals surface area contributed by atoms with Crippen LogP contribution < -0.4 is 0 Å². The van der Waals surface area contributed by atoms with E-state index in [2.05, 4.69) is 4.98 Å². The maximum Gasteiger partial charge on any atom is 0.133 e. The summed E-state index contributed by atoms with van der Waals surface area (Å²) in [5.41, 5.74) is 0. The largest absolute Gasteiger partial charge is 0.506 e. The molecule has 3 heteroatoms. The highest BCUT2D eigenvalue weighted by Gasteiger charge is 1.76. The minimum absolute atomic E-state index is 0. The van der Waals surface area contributed by atoms with Crippen LogP contribution in [0.15, 0.2) is 24.5 Å². The summed E-state index contributed by atoms with van der Waals surface area (Å²) in [5, 5.41) is 8.57. The lowest BCUT2D eigenvalue weighted by molar-refractivity contribution is 0.472. The SMILES string of the molecule is F.Oc1cccnc1. The van der Waals surface area contributed by atoms with Crippen LogP contribution in [0.25, 0.3) is 0 Å². The van der Waals surface area contributed by atoms with E-state index < -0.39 is 0 Å². The second-order valence-electron chi connectivity index (χ2n) is 1.21. The van der Waals surface area contributed by atoms with Gasteiger partial charge in [-0.3, -0.25) is 9.69 Å². The number of hydrogen-bond donors (Lipinski definition) is 1. The molecule has 1 rings (SSSR count). The number of aromatic nitrogens is 1. The molecular formula is C5H6FNO. The van der Waals surface area contributed by atoms with Gasteiger partial charge in [-0.2, -0.15) is 0 Å². The summed E-state index contributed by atoms with van der Waals surface area (Å²) in [7, 11) is 0. The summed E-state index contributed by atoms with van der Waals surface area (Å²) in [6.07, 6.45) is 3.00. The Hall–Kier alpha value is -1.12. The lowest BCUT2D eigenvalue weighted by Gasteiger charge is -1.81. The summed E-state index contributed by atoms with van der Waals surface area (Å²) in [6, 6.07) is 3.25. The Balaban J connectivity index is 0.000000490. The first-order valence-corrected chi connectivity index (χ1v) is 1.98. The first kappa shape index (κ1) is 6.88. The molecule has 44 valence electrons. The maximum atomic E-state index is 8.57. The first-order valence-electron chi connectivity index (χ1n) is 1.98. The van der Waals surface area contributed by atoms with Crippen molar-refractivity contribution in [1.29, 1.82) is 0 Å². The molecule has 1 heterocycles. The molecule has 0 radical (unpaired) electrons. The van der Waals surface area contributed by atoms with Crippen LogP contribution in [0.4, 0.5) is 4.70 Å². The van der Waals surface area contributed by atoms with Gasteiger partial charge in [-0.15, -0.1) is 0 Å². The highest BCUT2D eigenvalue weighted by molar-refractivity contribution is 5.12.